The van der Waals surface area contributed by atoms with Crippen LogP contribution in [0.25, 0.3) is 0 Å². The van der Waals surface area contributed by atoms with Gasteiger partial charge < -0.3 is 4.74 Å². The summed E-state index contributed by atoms with van der Waals surface area (Å²) in [5.74, 6) is 0.398. The molecule has 0 aromatic heterocycles. The van der Waals surface area contributed by atoms with Crippen LogP contribution in [0, 0.1) is 5.92 Å². The van der Waals surface area contributed by atoms with E-state index in [1.54, 1.807) is 0 Å². The summed E-state index contributed by atoms with van der Waals surface area (Å²) in [6.45, 7) is 7.45. The fraction of sp³-hybridized carbons (Fsp3) is 0.889. The summed E-state index contributed by atoms with van der Waals surface area (Å²) in [6, 6.07) is 0. The molecular formula is C9H17O2S. The molecule has 0 amide bonds. The monoisotopic (exact) mass is 189 g/mol. The van der Waals surface area contributed by atoms with Gasteiger partial charge in [0.2, 0.25) is 0 Å². The summed E-state index contributed by atoms with van der Waals surface area (Å²) in [7, 11) is 0. The Bertz CT molecular complexity index is 149. The second kappa shape index (κ2) is 4.75. The maximum Gasteiger partial charge on any atom is 0.309 e. The molecule has 2 nitrogen and oxygen atoms in total. The third-order valence-corrected chi connectivity index (χ3v) is 1.60. The maximum atomic E-state index is 11.3. The van der Waals surface area contributed by atoms with Crippen molar-refractivity contribution >= 4 is 18.6 Å². The van der Waals surface area contributed by atoms with Crippen LogP contribution in [0.2, 0.25) is 0 Å². The molecule has 0 saturated heterocycles. The summed E-state index contributed by atoms with van der Waals surface area (Å²) >= 11 is 4.78. The zero-order chi connectivity index (χ0) is 9.78. The summed E-state index contributed by atoms with van der Waals surface area (Å²) in [5, 5.41) is 0. The molecule has 0 heterocycles. The first-order valence-corrected chi connectivity index (χ1v) is 4.75. The number of hydrogen-bond donors (Lipinski definition) is 0. The first kappa shape index (κ1) is 11.8. The molecule has 0 saturated carbocycles. The average Bonchev–Trinajstić information content (AvgIpc) is 1.84. The normalized spacial score (nSPS) is 14.1. The van der Waals surface area contributed by atoms with Gasteiger partial charge in [-0.15, -0.1) is 0 Å². The molecule has 0 aliphatic heterocycles. The first-order chi connectivity index (χ1) is 5.37. The fourth-order valence-electron chi connectivity index (χ4n) is 0.697. The molecule has 71 valence electrons. The van der Waals surface area contributed by atoms with Gasteiger partial charge in [-0.1, -0.05) is 19.6 Å². The Balaban J connectivity index is 3.87. The summed E-state index contributed by atoms with van der Waals surface area (Å²) in [6.07, 6.45) is 0.726. The molecular weight excluding hydrogens is 172 g/mol. The van der Waals surface area contributed by atoms with Crippen LogP contribution in [0.5, 0.6) is 0 Å². The van der Waals surface area contributed by atoms with Crippen LogP contribution in [0.4, 0.5) is 0 Å². The number of carbonyl (C=O) groups is 1. The van der Waals surface area contributed by atoms with Gasteiger partial charge in [0.1, 0.15) is 5.60 Å². The molecule has 0 bridgehead atoms. The van der Waals surface area contributed by atoms with Crippen LogP contribution in [-0.4, -0.2) is 17.3 Å². The minimum atomic E-state index is -0.382. The van der Waals surface area contributed by atoms with Crippen molar-refractivity contribution in [3.05, 3.63) is 0 Å². The van der Waals surface area contributed by atoms with E-state index in [1.807, 2.05) is 27.7 Å². The van der Waals surface area contributed by atoms with Gasteiger partial charge >= 0.3 is 5.97 Å². The lowest BCUT2D eigenvalue weighted by molar-refractivity contribution is -0.159. The Morgan fingerprint density at radius 1 is 1.50 bits per heavy atom. The predicted octanol–water partition coefficient (Wildman–Crippen LogP) is 2.55. The van der Waals surface area contributed by atoms with Crippen LogP contribution in [0.15, 0.2) is 0 Å². The van der Waals surface area contributed by atoms with Crippen molar-refractivity contribution in [2.24, 2.45) is 5.92 Å². The molecule has 1 radical (unpaired) electrons. The lowest BCUT2D eigenvalue weighted by atomic mass is 10.1. The van der Waals surface area contributed by atoms with Crippen LogP contribution in [0.1, 0.15) is 34.1 Å². The van der Waals surface area contributed by atoms with E-state index in [4.69, 9.17) is 17.4 Å². The van der Waals surface area contributed by atoms with E-state index in [9.17, 15) is 4.79 Å². The lowest BCUT2D eigenvalue weighted by Gasteiger charge is -2.21. The van der Waals surface area contributed by atoms with E-state index in [1.165, 1.54) is 0 Å². The van der Waals surface area contributed by atoms with E-state index in [0.29, 0.717) is 5.75 Å². The van der Waals surface area contributed by atoms with Crippen molar-refractivity contribution in [3.8, 4) is 0 Å². The van der Waals surface area contributed by atoms with E-state index in [0.717, 1.165) is 6.42 Å². The van der Waals surface area contributed by atoms with Gasteiger partial charge in [-0.25, -0.2) is 0 Å². The molecule has 0 aliphatic rings. The average molecular weight is 189 g/mol. The molecule has 12 heavy (non-hydrogen) atoms. The molecule has 0 rings (SSSR count). The second-order valence-corrected chi connectivity index (χ2v) is 4.34. The lowest BCUT2D eigenvalue weighted by Crippen LogP contribution is -2.27. The number of hydrogen-bond acceptors (Lipinski definition) is 2. The highest BCUT2D eigenvalue weighted by molar-refractivity contribution is 7.80. The van der Waals surface area contributed by atoms with E-state index in [-0.39, 0.29) is 17.5 Å². The van der Waals surface area contributed by atoms with Crippen molar-refractivity contribution in [2.45, 2.75) is 39.7 Å². The Morgan fingerprint density at radius 2 is 2.00 bits per heavy atom. The van der Waals surface area contributed by atoms with E-state index < -0.39 is 0 Å². The van der Waals surface area contributed by atoms with Gasteiger partial charge in [0.05, 0.1) is 5.92 Å². The van der Waals surface area contributed by atoms with Gasteiger partial charge in [0.25, 0.3) is 0 Å². The molecule has 1 unspecified atom stereocenters. The van der Waals surface area contributed by atoms with E-state index in [2.05, 4.69) is 0 Å². The summed E-state index contributed by atoms with van der Waals surface area (Å²) in [4.78, 5) is 11.3. The van der Waals surface area contributed by atoms with Crippen molar-refractivity contribution in [1.29, 1.82) is 0 Å². The fourth-order valence-corrected chi connectivity index (χ4v) is 1.05. The first-order valence-electron chi connectivity index (χ1n) is 4.18. The largest absolute Gasteiger partial charge is 0.460 e. The third-order valence-electron chi connectivity index (χ3n) is 1.36. The highest BCUT2D eigenvalue weighted by Crippen LogP contribution is 2.13. The van der Waals surface area contributed by atoms with Crippen molar-refractivity contribution < 1.29 is 9.53 Å². The summed E-state index contributed by atoms with van der Waals surface area (Å²) < 4.78 is 5.17. The maximum absolute atomic E-state index is 11.3. The Kier molecular flexibility index (Phi) is 4.68. The minimum absolute atomic E-state index is 0.0678. The Hall–Kier alpha value is -0.180. The SMILES string of the molecule is CC(CC[S])C(=O)OC(C)(C)C. The Labute approximate surface area is 80.1 Å². The zero-order valence-electron chi connectivity index (χ0n) is 8.22. The van der Waals surface area contributed by atoms with Gasteiger partial charge in [-0.2, -0.15) is 0 Å². The second-order valence-electron chi connectivity index (χ2n) is 3.93. The molecule has 0 aromatic carbocycles. The molecule has 0 aromatic rings. The highest BCUT2D eigenvalue weighted by Gasteiger charge is 2.20. The minimum Gasteiger partial charge on any atom is -0.460 e. The van der Waals surface area contributed by atoms with Crippen LogP contribution >= 0.6 is 12.6 Å². The molecule has 0 spiro atoms. The van der Waals surface area contributed by atoms with Gasteiger partial charge in [0, 0.05) is 5.75 Å². The Morgan fingerprint density at radius 3 is 2.33 bits per heavy atom. The quantitative estimate of drug-likeness (QED) is 0.638. The molecule has 0 N–H and O–H groups in total. The third kappa shape index (κ3) is 5.47. The van der Waals surface area contributed by atoms with Gasteiger partial charge in [-0.3, -0.25) is 4.79 Å². The van der Waals surface area contributed by atoms with Crippen molar-refractivity contribution in [3.63, 3.8) is 0 Å². The van der Waals surface area contributed by atoms with Crippen LogP contribution < -0.4 is 0 Å². The molecule has 1 atom stereocenters. The predicted molar refractivity (Wildman–Crippen MR) is 52.1 cm³/mol. The number of rotatable bonds is 3. The van der Waals surface area contributed by atoms with Gasteiger partial charge in [-0.05, 0) is 27.2 Å². The molecule has 3 heteroatoms. The number of ether oxygens (including phenoxy) is 1. The smallest absolute Gasteiger partial charge is 0.309 e. The van der Waals surface area contributed by atoms with E-state index >= 15 is 0 Å². The summed E-state index contributed by atoms with van der Waals surface area (Å²) in [5.41, 5.74) is -0.382. The zero-order valence-corrected chi connectivity index (χ0v) is 9.03. The van der Waals surface area contributed by atoms with Crippen LogP contribution in [0.3, 0.4) is 0 Å². The van der Waals surface area contributed by atoms with Crippen LogP contribution in [-0.2, 0) is 9.53 Å². The number of esters is 1. The highest BCUT2D eigenvalue weighted by atomic mass is 32.1. The molecule has 0 aliphatic carbocycles. The molecule has 0 fully saturated rings. The van der Waals surface area contributed by atoms with Crippen molar-refractivity contribution in [2.75, 3.05) is 5.75 Å². The topological polar surface area (TPSA) is 26.3 Å². The van der Waals surface area contributed by atoms with Crippen molar-refractivity contribution in [1.82, 2.24) is 0 Å². The standard InChI is InChI=1S/C9H17O2S/c1-7(5-6-12)8(10)11-9(2,3)4/h7H,5-6H2,1-4H3. The van der Waals surface area contributed by atoms with Gasteiger partial charge in [0.15, 0.2) is 0 Å². The number of carbonyl (C=O) groups excluding carboxylic acids is 1.